The van der Waals surface area contributed by atoms with Crippen LogP contribution in [0.2, 0.25) is 0 Å². The van der Waals surface area contributed by atoms with E-state index in [9.17, 15) is 15.0 Å². The summed E-state index contributed by atoms with van der Waals surface area (Å²) >= 11 is 1.50. The molecule has 0 amide bonds. The van der Waals surface area contributed by atoms with Gasteiger partial charge in [-0.2, -0.15) is 11.8 Å². The van der Waals surface area contributed by atoms with Crippen molar-refractivity contribution in [3.8, 4) is 0 Å². The Morgan fingerprint density at radius 2 is 2.00 bits per heavy atom. The molecule has 3 N–H and O–H groups in total. The molecule has 5 atom stereocenters. The second kappa shape index (κ2) is 8.33. The fraction of sp³-hybridized carbons (Fsp3) is 0.929. The van der Waals surface area contributed by atoms with E-state index in [4.69, 9.17) is 14.6 Å². The monoisotopic (exact) mass is 320 g/mol. The predicted molar refractivity (Wildman–Crippen MR) is 78.2 cm³/mol. The van der Waals surface area contributed by atoms with Crippen LogP contribution in [0, 0.1) is 5.92 Å². The van der Waals surface area contributed by atoms with Gasteiger partial charge in [0.2, 0.25) is 0 Å². The van der Waals surface area contributed by atoms with Gasteiger partial charge < -0.3 is 24.8 Å². The van der Waals surface area contributed by atoms with E-state index in [1.54, 1.807) is 0 Å². The summed E-state index contributed by atoms with van der Waals surface area (Å²) in [6.45, 7) is 0.526. The Labute approximate surface area is 128 Å². The third kappa shape index (κ3) is 4.82. The lowest BCUT2D eigenvalue weighted by Crippen LogP contribution is -2.56. The normalized spacial score (nSPS) is 37.3. The second-order valence-electron chi connectivity index (χ2n) is 5.63. The molecule has 0 aliphatic carbocycles. The van der Waals surface area contributed by atoms with Gasteiger partial charge in [-0.25, -0.2) is 0 Å². The maximum Gasteiger partial charge on any atom is 0.304 e. The van der Waals surface area contributed by atoms with Gasteiger partial charge in [0, 0.05) is 24.0 Å². The van der Waals surface area contributed by atoms with Crippen molar-refractivity contribution >= 4 is 17.7 Å². The van der Waals surface area contributed by atoms with Gasteiger partial charge in [-0.3, -0.25) is 4.79 Å². The van der Waals surface area contributed by atoms with Gasteiger partial charge in [0.25, 0.3) is 0 Å². The van der Waals surface area contributed by atoms with Crippen LogP contribution in [0.15, 0.2) is 0 Å². The SMILES string of the molecule is O=C(O)CCSC[C@H]1O[C@@H]2OCCCCC[C@H]1C(O)C2O. The van der Waals surface area contributed by atoms with E-state index >= 15 is 0 Å². The summed E-state index contributed by atoms with van der Waals surface area (Å²) in [7, 11) is 0. The van der Waals surface area contributed by atoms with Gasteiger partial charge >= 0.3 is 5.97 Å². The highest BCUT2D eigenvalue weighted by Crippen LogP contribution is 2.33. The Morgan fingerprint density at radius 3 is 2.76 bits per heavy atom. The summed E-state index contributed by atoms with van der Waals surface area (Å²) in [5.74, 6) is 0.207. The lowest BCUT2D eigenvalue weighted by molar-refractivity contribution is -0.284. The highest BCUT2D eigenvalue weighted by atomic mass is 32.2. The number of aliphatic hydroxyl groups excluding tert-OH is 2. The van der Waals surface area contributed by atoms with Crippen LogP contribution in [0.25, 0.3) is 0 Å². The first-order chi connectivity index (χ1) is 10.1. The van der Waals surface area contributed by atoms with Gasteiger partial charge in [-0.15, -0.1) is 0 Å². The molecular formula is C14H24O6S. The van der Waals surface area contributed by atoms with E-state index in [1.165, 1.54) is 11.8 Å². The molecule has 0 aromatic heterocycles. The molecule has 2 bridgehead atoms. The average Bonchev–Trinajstić information content (AvgIpc) is 2.46. The van der Waals surface area contributed by atoms with Crippen molar-refractivity contribution in [1.82, 2.24) is 0 Å². The van der Waals surface area contributed by atoms with E-state index in [2.05, 4.69) is 0 Å². The molecule has 7 heteroatoms. The number of aliphatic carboxylic acids is 1. The van der Waals surface area contributed by atoms with Crippen LogP contribution in [-0.4, -0.2) is 64.0 Å². The molecule has 3 heterocycles. The molecule has 6 nitrogen and oxygen atoms in total. The van der Waals surface area contributed by atoms with E-state index in [1.807, 2.05) is 0 Å². The molecule has 0 radical (unpaired) electrons. The topological polar surface area (TPSA) is 96.2 Å². The summed E-state index contributed by atoms with van der Waals surface area (Å²) < 4.78 is 11.3. The third-order valence-corrected chi connectivity index (χ3v) is 5.12. The van der Waals surface area contributed by atoms with Crippen molar-refractivity contribution in [3.05, 3.63) is 0 Å². The number of ether oxygens (including phenoxy) is 2. The summed E-state index contributed by atoms with van der Waals surface area (Å²) in [6, 6.07) is 0. The Morgan fingerprint density at radius 1 is 1.19 bits per heavy atom. The summed E-state index contributed by atoms with van der Waals surface area (Å²) in [4.78, 5) is 10.5. The highest BCUT2D eigenvalue weighted by Gasteiger charge is 2.44. The molecule has 3 saturated heterocycles. The van der Waals surface area contributed by atoms with Crippen molar-refractivity contribution < 1.29 is 29.6 Å². The quantitative estimate of drug-likeness (QED) is 0.646. The smallest absolute Gasteiger partial charge is 0.304 e. The van der Waals surface area contributed by atoms with Gasteiger partial charge in [-0.1, -0.05) is 12.8 Å². The second-order valence-corrected chi connectivity index (χ2v) is 6.78. The van der Waals surface area contributed by atoms with Crippen LogP contribution < -0.4 is 0 Å². The van der Waals surface area contributed by atoms with Gasteiger partial charge in [0.05, 0.1) is 18.6 Å². The van der Waals surface area contributed by atoms with Crippen molar-refractivity contribution in [2.45, 2.75) is 56.7 Å². The van der Waals surface area contributed by atoms with Crippen LogP contribution >= 0.6 is 11.8 Å². The number of carbonyl (C=O) groups is 1. The predicted octanol–water partition coefficient (Wildman–Crippen LogP) is 0.848. The molecule has 122 valence electrons. The maximum atomic E-state index is 10.5. The lowest BCUT2D eigenvalue weighted by Gasteiger charge is -2.43. The largest absolute Gasteiger partial charge is 0.481 e. The van der Waals surface area contributed by atoms with Crippen molar-refractivity contribution in [3.63, 3.8) is 0 Å². The summed E-state index contributed by atoms with van der Waals surface area (Å²) in [6.07, 6.45) is 1.06. The zero-order valence-corrected chi connectivity index (χ0v) is 12.8. The van der Waals surface area contributed by atoms with Gasteiger partial charge in [-0.05, 0) is 12.8 Å². The number of thioether (sulfide) groups is 1. The van der Waals surface area contributed by atoms with Crippen molar-refractivity contribution in [2.75, 3.05) is 18.1 Å². The standard InChI is InChI=1S/C14H24O6S/c15-11(16)5-7-21-8-10-9-4-2-1-3-6-19-14(20-10)13(18)12(9)17/h9-10,12-14,17-18H,1-8H2,(H,15,16)/t9-,10-,12?,13?,14+/m1/s1. The molecule has 21 heavy (non-hydrogen) atoms. The highest BCUT2D eigenvalue weighted by molar-refractivity contribution is 7.99. The minimum atomic E-state index is -1.01. The number of fused-ring (bicyclic) bond motifs is 7. The average molecular weight is 320 g/mol. The van der Waals surface area contributed by atoms with E-state index in [-0.39, 0.29) is 18.4 Å². The number of carboxylic acids is 1. The fourth-order valence-corrected chi connectivity index (χ4v) is 3.91. The Bertz CT molecular complexity index is 337. The molecule has 3 fully saturated rings. The molecule has 3 aliphatic rings. The van der Waals surface area contributed by atoms with Gasteiger partial charge in [0.15, 0.2) is 6.29 Å². The molecule has 0 aromatic rings. The number of hydrogen-bond acceptors (Lipinski definition) is 6. The van der Waals surface area contributed by atoms with Crippen LogP contribution in [0.1, 0.15) is 32.1 Å². The molecular weight excluding hydrogens is 296 g/mol. The minimum absolute atomic E-state index is 0.115. The Balaban J connectivity index is 1.93. The zero-order chi connectivity index (χ0) is 15.2. The number of hydrogen-bond donors (Lipinski definition) is 3. The van der Waals surface area contributed by atoms with Crippen LogP contribution in [0.5, 0.6) is 0 Å². The maximum absolute atomic E-state index is 10.5. The Hall–Kier alpha value is -0.340. The number of aliphatic hydroxyl groups is 2. The molecule has 2 unspecified atom stereocenters. The summed E-state index contributed by atoms with van der Waals surface area (Å²) in [5.41, 5.74) is 0. The zero-order valence-electron chi connectivity index (χ0n) is 12.0. The van der Waals surface area contributed by atoms with Crippen LogP contribution in [0.4, 0.5) is 0 Å². The first kappa shape index (κ1) is 17.0. The molecule has 3 rings (SSSR count). The van der Waals surface area contributed by atoms with Gasteiger partial charge in [0.1, 0.15) is 6.10 Å². The third-order valence-electron chi connectivity index (χ3n) is 4.06. The van der Waals surface area contributed by atoms with Crippen LogP contribution in [-0.2, 0) is 14.3 Å². The van der Waals surface area contributed by atoms with Crippen LogP contribution in [0.3, 0.4) is 0 Å². The van der Waals surface area contributed by atoms with Crippen molar-refractivity contribution in [2.24, 2.45) is 5.92 Å². The van der Waals surface area contributed by atoms with E-state index in [0.717, 1.165) is 25.7 Å². The molecule has 3 aliphatic heterocycles. The minimum Gasteiger partial charge on any atom is -0.481 e. The molecule has 0 saturated carbocycles. The number of carboxylic acid groups (broad SMARTS) is 1. The van der Waals surface area contributed by atoms with E-state index in [0.29, 0.717) is 18.1 Å². The first-order valence-electron chi connectivity index (χ1n) is 7.52. The molecule has 0 spiro atoms. The molecule has 0 aromatic carbocycles. The number of rotatable bonds is 5. The van der Waals surface area contributed by atoms with Crippen molar-refractivity contribution in [1.29, 1.82) is 0 Å². The Kier molecular flexibility index (Phi) is 6.75. The first-order valence-corrected chi connectivity index (χ1v) is 8.68. The summed E-state index contributed by atoms with van der Waals surface area (Å²) in [5, 5.41) is 29.0. The fourth-order valence-electron chi connectivity index (χ4n) is 2.86. The van der Waals surface area contributed by atoms with E-state index < -0.39 is 24.5 Å². The lowest BCUT2D eigenvalue weighted by atomic mass is 9.85.